The highest BCUT2D eigenvalue weighted by atomic mass is 35.5. The molecule has 21 heavy (non-hydrogen) atoms. The van der Waals surface area contributed by atoms with Crippen LogP contribution in [0.5, 0.6) is 0 Å². The van der Waals surface area contributed by atoms with Crippen LogP contribution in [0.4, 0.5) is 4.39 Å². The number of carbonyl (C=O) groups is 2. The highest BCUT2D eigenvalue weighted by Gasteiger charge is 2.35. The van der Waals surface area contributed by atoms with Crippen molar-refractivity contribution in [2.75, 3.05) is 26.2 Å². The van der Waals surface area contributed by atoms with Gasteiger partial charge in [0.25, 0.3) is 5.91 Å². The molecule has 1 saturated heterocycles. The normalized spacial score (nSPS) is 18.8. The molecule has 1 saturated carbocycles. The summed E-state index contributed by atoms with van der Waals surface area (Å²) in [5, 5.41) is 0.335. The van der Waals surface area contributed by atoms with E-state index in [1.807, 2.05) is 0 Å². The monoisotopic (exact) mass is 310 g/mol. The molecule has 3 rings (SSSR count). The minimum absolute atomic E-state index is 0.00975. The summed E-state index contributed by atoms with van der Waals surface area (Å²) in [7, 11) is 0. The van der Waals surface area contributed by atoms with Crippen LogP contribution in [0.3, 0.4) is 0 Å². The van der Waals surface area contributed by atoms with E-state index in [0.717, 1.165) is 12.8 Å². The van der Waals surface area contributed by atoms with Crippen molar-refractivity contribution < 1.29 is 14.0 Å². The summed E-state index contributed by atoms with van der Waals surface area (Å²) < 4.78 is 13.7. The number of amides is 2. The van der Waals surface area contributed by atoms with E-state index in [-0.39, 0.29) is 23.3 Å². The number of hydrogen-bond acceptors (Lipinski definition) is 2. The second-order valence-electron chi connectivity index (χ2n) is 5.52. The van der Waals surface area contributed by atoms with Gasteiger partial charge >= 0.3 is 0 Å². The lowest BCUT2D eigenvalue weighted by molar-refractivity contribution is -0.134. The van der Waals surface area contributed by atoms with Crippen molar-refractivity contribution in [2.24, 2.45) is 5.92 Å². The standard InChI is InChI=1S/C15H16ClFN2O2/c16-11-3-4-13(17)12(9-11)15(21)19-7-5-18(6-8-19)14(20)10-1-2-10/h3-4,9-10H,1-2,5-8H2. The number of benzene rings is 1. The molecule has 0 bridgehead atoms. The lowest BCUT2D eigenvalue weighted by atomic mass is 10.1. The summed E-state index contributed by atoms with van der Waals surface area (Å²) in [5.74, 6) is -0.553. The van der Waals surface area contributed by atoms with Gasteiger partial charge in [0.2, 0.25) is 5.91 Å². The summed E-state index contributed by atoms with van der Waals surface area (Å²) in [5.41, 5.74) is -0.00975. The van der Waals surface area contributed by atoms with Crippen LogP contribution in [0, 0.1) is 11.7 Å². The minimum atomic E-state index is -0.569. The molecule has 2 fully saturated rings. The van der Waals surface area contributed by atoms with Gasteiger partial charge in [0.05, 0.1) is 5.56 Å². The van der Waals surface area contributed by atoms with Crippen LogP contribution in [-0.2, 0) is 4.79 Å². The van der Waals surface area contributed by atoms with Gasteiger partial charge in [-0.25, -0.2) is 4.39 Å². The quantitative estimate of drug-likeness (QED) is 0.840. The van der Waals surface area contributed by atoms with Gasteiger partial charge in [-0.1, -0.05) is 11.6 Å². The Morgan fingerprint density at radius 2 is 1.71 bits per heavy atom. The Balaban J connectivity index is 1.64. The zero-order valence-corrected chi connectivity index (χ0v) is 12.3. The minimum Gasteiger partial charge on any atom is -0.339 e. The van der Waals surface area contributed by atoms with Crippen molar-refractivity contribution in [1.29, 1.82) is 0 Å². The zero-order valence-electron chi connectivity index (χ0n) is 11.5. The first-order valence-corrected chi connectivity index (χ1v) is 7.47. The molecule has 1 aromatic rings. The van der Waals surface area contributed by atoms with Crippen LogP contribution < -0.4 is 0 Å². The van der Waals surface area contributed by atoms with E-state index in [0.29, 0.717) is 31.2 Å². The van der Waals surface area contributed by atoms with Crippen LogP contribution in [0.15, 0.2) is 18.2 Å². The number of halogens is 2. The highest BCUT2D eigenvalue weighted by Crippen LogP contribution is 2.31. The Labute approximate surface area is 127 Å². The molecule has 1 heterocycles. The van der Waals surface area contributed by atoms with Crippen LogP contribution >= 0.6 is 11.6 Å². The van der Waals surface area contributed by atoms with Crippen molar-refractivity contribution in [3.05, 3.63) is 34.6 Å². The second kappa shape index (κ2) is 5.64. The molecule has 0 aromatic heterocycles. The van der Waals surface area contributed by atoms with Gasteiger partial charge in [0, 0.05) is 37.1 Å². The summed E-state index contributed by atoms with van der Waals surface area (Å²) >= 11 is 5.82. The summed E-state index contributed by atoms with van der Waals surface area (Å²) in [6, 6.07) is 3.96. The van der Waals surface area contributed by atoms with Crippen LogP contribution in [-0.4, -0.2) is 47.8 Å². The Morgan fingerprint density at radius 3 is 2.33 bits per heavy atom. The van der Waals surface area contributed by atoms with Crippen molar-refractivity contribution >= 4 is 23.4 Å². The Hall–Kier alpha value is -1.62. The average molecular weight is 311 g/mol. The topological polar surface area (TPSA) is 40.6 Å². The first-order chi connectivity index (χ1) is 10.1. The van der Waals surface area contributed by atoms with Crippen molar-refractivity contribution in [2.45, 2.75) is 12.8 Å². The van der Waals surface area contributed by atoms with Gasteiger partial charge in [0.15, 0.2) is 0 Å². The molecule has 6 heteroatoms. The predicted octanol–water partition coefficient (Wildman–Crippen LogP) is 2.17. The fourth-order valence-electron chi connectivity index (χ4n) is 2.55. The van der Waals surface area contributed by atoms with Crippen LogP contribution in [0.25, 0.3) is 0 Å². The predicted molar refractivity (Wildman–Crippen MR) is 76.6 cm³/mol. The maximum atomic E-state index is 13.7. The van der Waals surface area contributed by atoms with E-state index in [2.05, 4.69) is 0 Å². The number of carbonyl (C=O) groups excluding carboxylic acids is 2. The molecule has 2 aliphatic rings. The fourth-order valence-corrected chi connectivity index (χ4v) is 2.72. The van der Waals surface area contributed by atoms with E-state index in [4.69, 9.17) is 11.6 Å². The van der Waals surface area contributed by atoms with E-state index >= 15 is 0 Å². The van der Waals surface area contributed by atoms with Gasteiger partial charge in [-0.3, -0.25) is 9.59 Å². The summed E-state index contributed by atoms with van der Waals surface area (Å²) in [6.07, 6.45) is 1.96. The molecule has 4 nitrogen and oxygen atoms in total. The number of hydrogen-bond donors (Lipinski definition) is 0. The Morgan fingerprint density at radius 1 is 1.10 bits per heavy atom. The number of nitrogens with zero attached hydrogens (tertiary/aromatic N) is 2. The molecular formula is C15H16ClFN2O2. The first kappa shape index (κ1) is 14.3. The SMILES string of the molecule is O=C(c1cc(Cl)ccc1F)N1CCN(C(=O)C2CC2)CC1. The smallest absolute Gasteiger partial charge is 0.257 e. The maximum absolute atomic E-state index is 13.7. The van der Waals surface area contributed by atoms with Crippen LogP contribution in [0.1, 0.15) is 23.2 Å². The Kier molecular flexibility index (Phi) is 3.85. The maximum Gasteiger partial charge on any atom is 0.257 e. The fraction of sp³-hybridized carbons (Fsp3) is 0.467. The molecule has 0 radical (unpaired) electrons. The third kappa shape index (κ3) is 3.02. The van der Waals surface area contributed by atoms with Crippen molar-refractivity contribution in [3.63, 3.8) is 0 Å². The molecule has 0 unspecified atom stereocenters. The number of rotatable bonds is 2. The summed E-state index contributed by atoms with van der Waals surface area (Å²) in [4.78, 5) is 27.6. The lowest BCUT2D eigenvalue weighted by Gasteiger charge is -2.35. The highest BCUT2D eigenvalue weighted by molar-refractivity contribution is 6.31. The van der Waals surface area contributed by atoms with E-state index in [1.54, 1.807) is 9.80 Å². The molecule has 1 aromatic carbocycles. The molecule has 1 aliphatic heterocycles. The molecular weight excluding hydrogens is 295 g/mol. The molecule has 0 spiro atoms. The molecule has 2 amide bonds. The van der Waals surface area contributed by atoms with Gasteiger partial charge < -0.3 is 9.80 Å². The number of piperazine rings is 1. The Bertz CT molecular complexity index is 581. The van der Waals surface area contributed by atoms with E-state index in [9.17, 15) is 14.0 Å². The van der Waals surface area contributed by atoms with E-state index < -0.39 is 5.82 Å². The average Bonchev–Trinajstić information content (AvgIpc) is 3.33. The van der Waals surface area contributed by atoms with Gasteiger partial charge in [-0.05, 0) is 31.0 Å². The zero-order chi connectivity index (χ0) is 15.0. The van der Waals surface area contributed by atoms with Crippen molar-refractivity contribution in [1.82, 2.24) is 9.80 Å². The van der Waals surface area contributed by atoms with Gasteiger partial charge in [0.1, 0.15) is 5.82 Å². The van der Waals surface area contributed by atoms with Gasteiger partial charge in [-0.15, -0.1) is 0 Å². The van der Waals surface area contributed by atoms with Gasteiger partial charge in [-0.2, -0.15) is 0 Å². The first-order valence-electron chi connectivity index (χ1n) is 7.09. The molecule has 0 atom stereocenters. The van der Waals surface area contributed by atoms with Crippen LogP contribution in [0.2, 0.25) is 5.02 Å². The van der Waals surface area contributed by atoms with Crippen molar-refractivity contribution in [3.8, 4) is 0 Å². The third-order valence-corrected chi connectivity index (χ3v) is 4.20. The summed E-state index contributed by atoms with van der Waals surface area (Å²) in [6.45, 7) is 1.90. The third-order valence-electron chi connectivity index (χ3n) is 3.96. The lowest BCUT2D eigenvalue weighted by Crippen LogP contribution is -2.51. The molecule has 112 valence electrons. The van der Waals surface area contributed by atoms with E-state index in [1.165, 1.54) is 18.2 Å². The molecule has 1 aliphatic carbocycles. The largest absolute Gasteiger partial charge is 0.339 e. The molecule has 0 N–H and O–H groups in total. The second-order valence-corrected chi connectivity index (χ2v) is 5.95.